The fourth-order valence-corrected chi connectivity index (χ4v) is 0. The normalized spacial score (nSPS) is 3.50. The molecule has 0 spiro atoms. The van der Waals surface area contributed by atoms with Gasteiger partial charge in [-0.3, -0.25) is 0 Å². The lowest BCUT2D eigenvalue weighted by atomic mass is 10.9. The lowest BCUT2D eigenvalue weighted by molar-refractivity contribution is 0.348. The maximum absolute atomic E-state index is 7.51. The Kier molecular flexibility index (Phi) is 345. The van der Waals surface area contributed by atoms with E-state index in [9.17, 15) is 0 Å². The number of rotatable bonds is 0. The van der Waals surface area contributed by atoms with Crippen molar-refractivity contribution in [3.63, 3.8) is 0 Å². The first-order valence-electron chi connectivity index (χ1n) is 1.60. The summed E-state index contributed by atoms with van der Waals surface area (Å²) in [5, 5.41) is 28.4. The Morgan fingerprint density at radius 1 is 1.50 bits per heavy atom. The summed E-state index contributed by atoms with van der Waals surface area (Å²) in [6.45, 7) is 3.12. The molecule has 8 heavy (non-hydrogen) atoms. The zero-order valence-corrected chi connectivity index (χ0v) is 4.57. The lowest BCUT2D eigenvalue weighted by Crippen LogP contribution is -1.64. The maximum atomic E-state index is 7.51. The molecule has 0 unspecified atom stereocenters. The first-order valence-corrected chi connectivity index (χ1v) is 1.60. The average Bonchev–Trinajstić information content (AvgIpc) is 1.96. The number of aliphatic hydroxyl groups is 2. The summed E-state index contributed by atoms with van der Waals surface area (Å²) in [6, 6.07) is 1.49. The van der Waals surface area contributed by atoms with Crippen LogP contribution in [0.1, 0.15) is 0 Å². The Hall–Kier alpha value is -1.10. The summed E-state index contributed by atoms with van der Waals surface area (Å²) >= 11 is 0. The first-order chi connectivity index (χ1) is 3.91. The van der Waals surface area contributed by atoms with Crippen LogP contribution >= 0.6 is 0 Å². The molecule has 0 aliphatic heterocycles. The molecule has 0 amide bonds. The van der Waals surface area contributed by atoms with Gasteiger partial charge >= 0.3 is 0 Å². The van der Waals surface area contributed by atoms with Crippen LogP contribution in [0.4, 0.5) is 0 Å². The molecule has 0 aromatic rings. The third-order valence-electron chi connectivity index (χ3n) is 0.0707. The topological polar surface area (TPSA) is 88.0 Å². The Morgan fingerprint density at radius 3 is 1.62 bits per heavy atom. The molecule has 2 N–H and O–H groups in total. The molecule has 0 aliphatic rings. The molecule has 46 valence electrons. The van der Waals surface area contributed by atoms with Crippen molar-refractivity contribution in [2.24, 2.45) is 0 Å². The largest absolute Gasteiger partial charge is 0.400 e. The number of nitriles is 2. The minimum absolute atomic E-state index is 0.375. The van der Waals surface area contributed by atoms with E-state index in [0.29, 0.717) is 0 Å². The van der Waals surface area contributed by atoms with Crippen molar-refractivity contribution >= 4 is 0 Å². The van der Waals surface area contributed by atoms with Gasteiger partial charge in [0.05, 0.1) is 6.07 Å². The number of hydrogen-bond donors (Lipinski definition) is 2. The highest BCUT2D eigenvalue weighted by Crippen LogP contribution is 1.34. The highest BCUT2D eigenvalue weighted by Gasteiger charge is 1.49. The van der Waals surface area contributed by atoms with E-state index >= 15 is 0 Å². The molecule has 4 heteroatoms. The van der Waals surface area contributed by atoms with Crippen molar-refractivity contribution < 1.29 is 10.2 Å². The Bertz CT molecular complexity index is 64.2. The quantitative estimate of drug-likeness (QED) is 0.407. The highest BCUT2D eigenvalue weighted by atomic mass is 16.2. The lowest BCUT2D eigenvalue weighted by Gasteiger charge is -1.50. The van der Waals surface area contributed by atoms with E-state index in [1.807, 2.05) is 0 Å². The van der Waals surface area contributed by atoms with Gasteiger partial charge in [-0.05, 0) is 0 Å². The van der Waals surface area contributed by atoms with Gasteiger partial charge in [-0.1, -0.05) is 0 Å². The monoisotopic (exact) mass is 116 g/mol. The molecule has 0 saturated carbocycles. The minimum atomic E-state index is -0.375. The Morgan fingerprint density at radius 2 is 1.62 bits per heavy atom. The van der Waals surface area contributed by atoms with Crippen LogP contribution in [0.5, 0.6) is 0 Å². The predicted molar refractivity (Wildman–Crippen MR) is 27.5 cm³/mol. The van der Waals surface area contributed by atoms with Gasteiger partial charge in [0.1, 0.15) is 6.61 Å². The molecule has 0 heterocycles. The smallest absolute Gasteiger partial charge is 0.130 e. The fourth-order valence-electron chi connectivity index (χ4n) is 0. The molecule has 0 fully saturated rings. The van der Waals surface area contributed by atoms with E-state index in [4.69, 9.17) is 20.7 Å². The van der Waals surface area contributed by atoms with Gasteiger partial charge in [0.2, 0.25) is 0 Å². The second-order valence-electron chi connectivity index (χ2n) is 0.316. The van der Waals surface area contributed by atoms with E-state index < -0.39 is 0 Å². The van der Waals surface area contributed by atoms with E-state index in [1.165, 1.54) is 6.07 Å². The van der Waals surface area contributed by atoms with Gasteiger partial charge in [0, 0.05) is 13.7 Å². The van der Waals surface area contributed by atoms with Crippen LogP contribution in [0.2, 0.25) is 0 Å². The molecule has 4 nitrogen and oxygen atoms in total. The van der Waals surface area contributed by atoms with Gasteiger partial charge in [-0.15, -0.1) is 0 Å². The average molecular weight is 116 g/mol. The summed E-state index contributed by atoms with van der Waals surface area (Å²) in [4.78, 5) is 0. The summed E-state index contributed by atoms with van der Waals surface area (Å²) < 4.78 is 0. The fraction of sp³-hybridized carbons (Fsp3) is 0.500. The second kappa shape index (κ2) is 175. The van der Waals surface area contributed by atoms with Crippen LogP contribution in [0, 0.1) is 23.2 Å². The van der Waals surface area contributed by atoms with Crippen molar-refractivity contribution in [3.05, 3.63) is 0 Å². The van der Waals surface area contributed by atoms with Crippen molar-refractivity contribution in [3.8, 4) is 12.6 Å². The standard InChI is InChI=1S/C2H3NO.CHN.CH4O/c3-1-2-4;2*1-2/h4H,2H2;1H;2H,1H3. The van der Waals surface area contributed by atoms with E-state index in [1.54, 1.807) is 0 Å². The second-order valence-corrected chi connectivity index (χ2v) is 0.316. The van der Waals surface area contributed by atoms with Crippen LogP contribution in [0.15, 0.2) is 0 Å². The number of nitrogens with zero attached hydrogens (tertiary/aromatic N) is 2. The molecule has 0 aromatic heterocycles. The summed E-state index contributed by atoms with van der Waals surface area (Å²) in [5.74, 6) is 0. The first kappa shape index (κ1) is 15.8. The van der Waals surface area contributed by atoms with E-state index in [-0.39, 0.29) is 6.61 Å². The molecule has 0 bridgehead atoms. The summed E-state index contributed by atoms with van der Waals surface area (Å²) in [6.07, 6.45) is 0. The van der Waals surface area contributed by atoms with E-state index in [0.717, 1.165) is 7.11 Å². The molecule has 0 saturated heterocycles. The third kappa shape index (κ3) is 7450. The van der Waals surface area contributed by atoms with Crippen LogP contribution in [-0.2, 0) is 0 Å². The molecule has 0 atom stereocenters. The Balaban J connectivity index is -0.0000000542. The van der Waals surface area contributed by atoms with Crippen molar-refractivity contribution in [1.82, 2.24) is 0 Å². The summed E-state index contributed by atoms with van der Waals surface area (Å²) in [7, 11) is 1.00. The maximum Gasteiger partial charge on any atom is 0.130 e. The third-order valence-corrected chi connectivity index (χ3v) is 0.0707. The molecule has 0 aromatic carbocycles. The van der Waals surface area contributed by atoms with Crippen molar-refractivity contribution in [2.45, 2.75) is 0 Å². The van der Waals surface area contributed by atoms with Gasteiger partial charge < -0.3 is 10.2 Å². The highest BCUT2D eigenvalue weighted by molar-refractivity contribution is 4.63. The molecule has 0 rings (SSSR count). The minimum Gasteiger partial charge on any atom is -0.400 e. The SMILES string of the molecule is C#N.CO.N#CCO. The van der Waals surface area contributed by atoms with Crippen LogP contribution in [-0.4, -0.2) is 23.9 Å². The van der Waals surface area contributed by atoms with Gasteiger partial charge in [0.15, 0.2) is 0 Å². The zero-order valence-electron chi connectivity index (χ0n) is 4.57. The van der Waals surface area contributed by atoms with Gasteiger partial charge in [0.25, 0.3) is 0 Å². The zero-order chi connectivity index (χ0) is 7.41. The Labute approximate surface area is 48.2 Å². The number of aliphatic hydroxyl groups excluding tert-OH is 2. The molecular weight excluding hydrogens is 108 g/mol. The van der Waals surface area contributed by atoms with Crippen LogP contribution in [0.3, 0.4) is 0 Å². The van der Waals surface area contributed by atoms with Gasteiger partial charge in [-0.25, -0.2) is 5.26 Å². The van der Waals surface area contributed by atoms with Crippen molar-refractivity contribution in [1.29, 1.82) is 10.5 Å². The van der Waals surface area contributed by atoms with Crippen LogP contribution in [0.25, 0.3) is 0 Å². The van der Waals surface area contributed by atoms with E-state index in [2.05, 4.69) is 6.57 Å². The number of hydrogen-bond acceptors (Lipinski definition) is 4. The van der Waals surface area contributed by atoms with Crippen LogP contribution < -0.4 is 0 Å². The van der Waals surface area contributed by atoms with Gasteiger partial charge in [-0.2, -0.15) is 5.26 Å². The summed E-state index contributed by atoms with van der Waals surface area (Å²) in [5.41, 5.74) is 0. The van der Waals surface area contributed by atoms with Crippen molar-refractivity contribution in [2.75, 3.05) is 13.7 Å². The molecular formula is C4H8N2O2. The molecule has 0 radical (unpaired) electrons. The predicted octanol–water partition coefficient (Wildman–Crippen LogP) is -0.749. The molecule has 0 aliphatic carbocycles.